The number of carbonyl (C=O) groups excluding carboxylic acids is 1. The van der Waals surface area contributed by atoms with Crippen LogP contribution in [-0.4, -0.2) is 15.7 Å². The number of hydrogen-bond acceptors (Lipinski definition) is 4. The lowest BCUT2D eigenvalue weighted by Gasteiger charge is -2.05. The lowest BCUT2D eigenvalue weighted by molar-refractivity contribution is -0.122. The van der Waals surface area contributed by atoms with Crippen molar-refractivity contribution in [2.24, 2.45) is 0 Å². The summed E-state index contributed by atoms with van der Waals surface area (Å²) in [4.78, 5) is 23.7. The number of aromatic nitrogens is 2. The first kappa shape index (κ1) is 16.6. The zero-order chi connectivity index (χ0) is 17.8. The van der Waals surface area contributed by atoms with Gasteiger partial charge in [0.05, 0.1) is 0 Å². The summed E-state index contributed by atoms with van der Waals surface area (Å²) in [6, 6.07) is 11.3. The maximum Gasteiger partial charge on any atom is 0.437 e. The van der Waals surface area contributed by atoms with Gasteiger partial charge in [-0.2, -0.15) is 4.68 Å². The first-order valence-electron chi connectivity index (χ1n) is 7.37. The molecule has 0 fully saturated rings. The van der Waals surface area contributed by atoms with Crippen molar-refractivity contribution < 1.29 is 18.0 Å². The van der Waals surface area contributed by atoms with Gasteiger partial charge in [-0.1, -0.05) is 18.2 Å². The van der Waals surface area contributed by atoms with Crippen LogP contribution in [0.3, 0.4) is 0 Å². The fraction of sp³-hybridized carbons (Fsp3) is 0.118. The van der Waals surface area contributed by atoms with E-state index in [1.165, 1.54) is 30.3 Å². The topological polar surface area (TPSA) is 77.1 Å². The average molecular weight is 345 g/mol. The van der Waals surface area contributed by atoms with Crippen molar-refractivity contribution in [3.63, 3.8) is 0 Å². The SMILES string of the molecule is O=C(Cn1nc(-c2ccc(F)cc2)oc1=O)NCc1ccccc1F. The highest BCUT2D eigenvalue weighted by molar-refractivity contribution is 5.75. The normalized spacial score (nSPS) is 10.6. The fourth-order valence-electron chi connectivity index (χ4n) is 2.14. The van der Waals surface area contributed by atoms with E-state index in [0.29, 0.717) is 11.1 Å². The van der Waals surface area contributed by atoms with E-state index in [-0.39, 0.29) is 19.0 Å². The highest BCUT2D eigenvalue weighted by Gasteiger charge is 2.13. The summed E-state index contributed by atoms with van der Waals surface area (Å²) in [5, 5.41) is 6.40. The first-order valence-corrected chi connectivity index (χ1v) is 7.37. The third kappa shape index (κ3) is 3.97. The smallest absolute Gasteiger partial charge is 0.388 e. The van der Waals surface area contributed by atoms with E-state index < -0.39 is 23.3 Å². The molecule has 3 aromatic rings. The van der Waals surface area contributed by atoms with Gasteiger partial charge in [-0.25, -0.2) is 13.6 Å². The molecule has 0 spiro atoms. The van der Waals surface area contributed by atoms with Crippen LogP contribution in [0.25, 0.3) is 11.5 Å². The molecule has 128 valence electrons. The van der Waals surface area contributed by atoms with Crippen molar-refractivity contribution in [2.45, 2.75) is 13.1 Å². The van der Waals surface area contributed by atoms with E-state index in [4.69, 9.17) is 4.42 Å². The second-order valence-electron chi connectivity index (χ2n) is 5.21. The van der Waals surface area contributed by atoms with Crippen LogP contribution in [0.2, 0.25) is 0 Å². The molecular formula is C17H13F2N3O3. The second-order valence-corrected chi connectivity index (χ2v) is 5.21. The molecule has 0 aliphatic heterocycles. The molecule has 0 aliphatic carbocycles. The van der Waals surface area contributed by atoms with Crippen molar-refractivity contribution in [3.8, 4) is 11.5 Å². The highest BCUT2D eigenvalue weighted by atomic mass is 19.1. The molecule has 1 amide bonds. The Labute approximate surface area is 140 Å². The summed E-state index contributed by atoms with van der Waals surface area (Å²) in [5.41, 5.74) is 0.736. The standard InChI is InChI=1S/C17H13F2N3O3/c18-13-7-5-11(6-8-13)16-21-22(17(24)25-16)10-15(23)20-9-12-3-1-2-4-14(12)19/h1-8H,9-10H2,(H,20,23). The summed E-state index contributed by atoms with van der Waals surface area (Å²) in [5.74, 6) is -2.23. The summed E-state index contributed by atoms with van der Waals surface area (Å²) in [6.07, 6.45) is 0. The zero-order valence-corrected chi connectivity index (χ0v) is 12.9. The van der Waals surface area contributed by atoms with Crippen molar-refractivity contribution in [3.05, 3.63) is 76.3 Å². The Hall–Kier alpha value is -3.29. The lowest BCUT2D eigenvalue weighted by Crippen LogP contribution is -2.31. The molecule has 0 bridgehead atoms. The summed E-state index contributed by atoms with van der Waals surface area (Å²) >= 11 is 0. The number of halogens is 2. The Morgan fingerprint density at radius 2 is 1.84 bits per heavy atom. The van der Waals surface area contributed by atoms with Crippen molar-refractivity contribution in [1.82, 2.24) is 15.1 Å². The maximum absolute atomic E-state index is 13.5. The van der Waals surface area contributed by atoms with Gasteiger partial charge in [0.25, 0.3) is 0 Å². The Kier molecular flexibility index (Phi) is 4.69. The van der Waals surface area contributed by atoms with Crippen molar-refractivity contribution in [1.29, 1.82) is 0 Å². The highest BCUT2D eigenvalue weighted by Crippen LogP contribution is 2.15. The van der Waals surface area contributed by atoms with E-state index >= 15 is 0 Å². The molecule has 1 aromatic heterocycles. The van der Waals surface area contributed by atoms with Gasteiger partial charge < -0.3 is 9.73 Å². The van der Waals surface area contributed by atoms with Gasteiger partial charge in [-0.05, 0) is 30.3 Å². The molecule has 0 aliphatic rings. The number of hydrogen-bond donors (Lipinski definition) is 1. The van der Waals surface area contributed by atoms with Crippen LogP contribution in [-0.2, 0) is 17.9 Å². The van der Waals surface area contributed by atoms with E-state index in [1.807, 2.05) is 0 Å². The van der Waals surface area contributed by atoms with E-state index in [1.54, 1.807) is 18.2 Å². The van der Waals surface area contributed by atoms with Gasteiger partial charge in [-0.3, -0.25) is 4.79 Å². The Morgan fingerprint density at radius 3 is 2.56 bits per heavy atom. The molecule has 1 N–H and O–H groups in total. The van der Waals surface area contributed by atoms with E-state index in [0.717, 1.165) is 4.68 Å². The minimum Gasteiger partial charge on any atom is -0.388 e. The number of carbonyl (C=O) groups is 1. The Morgan fingerprint density at radius 1 is 1.12 bits per heavy atom. The van der Waals surface area contributed by atoms with Crippen molar-refractivity contribution >= 4 is 5.91 Å². The Bertz CT molecular complexity index is 948. The number of amides is 1. The molecule has 25 heavy (non-hydrogen) atoms. The zero-order valence-electron chi connectivity index (χ0n) is 12.9. The summed E-state index contributed by atoms with van der Waals surface area (Å²) in [7, 11) is 0. The third-order valence-corrected chi connectivity index (χ3v) is 3.42. The van der Waals surface area contributed by atoms with Crippen LogP contribution in [0.15, 0.2) is 57.7 Å². The maximum atomic E-state index is 13.5. The van der Waals surface area contributed by atoms with Gasteiger partial charge in [0, 0.05) is 17.7 Å². The van der Waals surface area contributed by atoms with Crippen LogP contribution in [0.5, 0.6) is 0 Å². The summed E-state index contributed by atoms with van der Waals surface area (Å²) < 4.78 is 32.2. The molecule has 0 unspecified atom stereocenters. The quantitative estimate of drug-likeness (QED) is 0.768. The van der Waals surface area contributed by atoms with Gasteiger partial charge in [-0.15, -0.1) is 5.10 Å². The predicted octanol–water partition coefficient (Wildman–Crippen LogP) is 2.10. The summed E-state index contributed by atoms with van der Waals surface area (Å²) in [6.45, 7) is -0.388. The minimum atomic E-state index is -0.819. The molecule has 8 heteroatoms. The molecule has 0 saturated heterocycles. The number of benzene rings is 2. The molecule has 2 aromatic carbocycles. The molecular weight excluding hydrogens is 332 g/mol. The minimum absolute atomic E-state index is 0.0110. The average Bonchev–Trinajstić information content (AvgIpc) is 2.95. The third-order valence-electron chi connectivity index (χ3n) is 3.42. The van der Waals surface area contributed by atoms with Gasteiger partial charge in [0.15, 0.2) is 0 Å². The lowest BCUT2D eigenvalue weighted by atomic mass is 10.2. The van der Waals surface area contributed by atoms with Crippen LogP contribution in [0.1, 0.15) is 5.56 Å². The van der Waals surface area contributed by atoms with Gasteiger partial charge >= 0.3 is 5.76 Å². The van der Waals surface area contributed by atoms with Crippen LogP contribution in [0, 0.1) is 11.6 Å². The van der Waals surface area contributed by atoms with Crippen LogP contribution in [0.4, 0.5) is 8.78 Å². The number of nitrogens with zero attached hydrogens (tertiary/aromatic N) is 2. The predicted molar refractivity (Wildman–Crippen MR) is 84.4 cm³/mol. The van der Waals surface area contributed by atoms with E-state index in [9.17, 15) is 18.4 Å². The molecule has 0 atom stereocenters. The first-order chi connectivity index (χ1) is 12.0. The molecule has 0 radical (unpaired) electrons. The van der Waals surface area contributed by atoms with Crippen LogP contribution < -0.4 is 11.1 Å². The van der Waals surface area contributed by atoms with E-state index in [2.05, 4.69) is 10.4 Å². The molecule has 3 rings (SSSR count). The monoisotopic (exact) mass is 345 g/mol. The van der Waals surface area contributed by atoms with Gasteiger partial charge in [0.1, 0.15) is 18.2 Å². The number of nitrogens with one attached hydrogen (secondary N) is 1. The molecule has 0 saturated carbocycles. The van der Waals surface area contributed by atoms with Gasteiger partial charge in [0.2, 0.25) is 11.8 Å². The Balaban J connectivity index is 1.66. The molecule has 6 nitrogen and oxygen atoms in total. The molecule has 1 heterocycles. The second kappa shape index (κ2) is 7.08. The fourth-order valence-corrected chi connectivity index (χ4v) is 2.14. The van der Waals surface area contributed by atoms with Crippen LogP contribution >= 0.6 is 0 Å². The largest absolute Gasteiger partial charge is 0.437 e. The number of rotatable bonds is 5. The van der Waals surface area contributed by atoms with Crippen molar-refractivity contribution in [2.75, 3.05) is 0 Å².